The van der Waals surface area contributed by atoms with E-state index in [-0.39, 0.29) is 11.5 Å². The first-order chi connectivity index (χ1) is 7.50. The van der Waals surface area contributed by atoms with Gasteiger partial charge in [-0.05, 0) is 43.2 Å². The number of pyridine rings is 1. The van der Waals surface area contributed by atoms with Crippen LogP contribution in [0.4, 0.5) is 0 Å². The van der Waals surface area contributed by atoms with Crippen LogP contribution in [0.3, 0.4) is 0 Å². The van der Waals surface area contributed by atoms with Crippen molar-refractivity contribution in [2.45, 2.75) is 52.1 Å². The molecule has 0 radical (unpaired) electrons. The molecule has 0 aliphatic heterocycles. The van der Waals surface area contributed by atoms with Gasteiger partial charge in [-0.25, -0.2) is 0 Å². The van der Waals surface area contributed by atoms with Crippen LogP contribution in [-0.2, 0) is 6.42 Å². The number of nitrogens with zero attached hydrogens (tertiary/aromatic N) is 1. The number of hydrogen-bond acceptors (Lipinski definition) is 2. The van der Waals surface area contributed by atoms with Crippen LogP contribution in [0.15, 0.2) is 18.3 Å². The van der Waals surface area contributed by atoms with Gasteiger partial charge in [-0.3, -0.25) is 4.98 Å². The lowest BCUT2D eigenvalue weighted by Crippen LogP contribution is -2.25. The Kier molecular flexibility index (Phi) is 3.02. The SMILES string of the molecule is CC(O)CC(C)(C)C1CCc2cccnc21. The molecule has 0 saturated carbocycles. The lowest BCUT2D eigenvalue weighted by molar-refractivity contribution is 0.112. The molecule has 0 saturated heterocycles. The van der Waals surface area contributed by atoms with Crippen LogP contribution in [0.5, 0.6) is 0 Å². The summed E-state index contributed by atoms with van der Waals surface area (Å²) in [4.78, 5) is 4.53. The number of aliphatic hydroxyl groups is 1. The van der Waals surface area contributed by atoms with Crippen LogP contribution in [-0.4, -0.2) is 16.2 Å². The molecule has 2 unspecified atom stereocenters. The summed E-state index contributed by atoms with van der Waals surface area (Å²) in [7, 11) is 0. The van der Waals surface area contributed by atoms with Gasteiger partial charge in [-0.15, -0.1) is 0 Å². The first kappa shape index (κ1) is 11.6. The Balaban J connectivity index is 2.24. The summed E-state index contributed by atoms with van der Waals surface area (Å²) in [5.41, 5.74) is 2.78. The van der Waals surface area contributed by atoms with E-state index in [1.165, 1.54) is 17.7 Å². The topological polar surface area (TPSA) is 33.1 Å². The molecule has 2 nitrogen and oxygen atoms in total. The minimum absolute atomic E-state index is 0.133. The third-order valence-corrected chi connectivity index (χ3v) is 3.72. The van der Waals surface area contributed by atoms with E-state index in [4.69, 9.17) is 0 Å². The number of fused-ring (bicyclic) bond motifs is 1. The maximum atomic E-state index is 9.58. The zero-order chi connectivity index (χ0) is 11.8. The number of hydrogen-bond donors (Lipinski definition) is 1. The van der Waals surface area contributed by atoms with Gasteiger partial charge in [0, 0.05) is 17.8 Å². The van der Waals surface area contributed by atoms with Gasteiger partial charge in [0.25, 0.3) is 0 Å². The third-order valence-electron chi connectivity index (χ3n) is 3.72. The highest BCUT2D eigenvalue weighted by Gasteiger charge is 2.37. The fourth-order valence-corrected chi connectivity index (χ4v) is 3.08. The molecule has 2 heteroatoms. The van der Waals surface area contributed by atoms with E-state index in [9.17, 15) is 5.11 Å². The molecular weight excluding hydrogens is 198 g/mol. The molecule has 2 atom stereocenters. The minimum atomic E-state index is -0.234. The summed E-state index contributed by atoms with van der Waals surface area (Å²) in [6.45, 7) is 6.36. The van der Waals surface area contributed by atoms with E-state index in [2.05, 4.69) is 24.9 Å². The summed E-state index contributed by atoms with van der Waals surface area (Å²) in [6.07, 6.45) is 4.80. The predicted octanol–water partition coefficient (Wildman–Crippen LogP) is 2.91. The molecule has 1 aromatic rings. The van der Waals surface area contributed by atoms with Gasteiger partial charge >= 0.3 is 0 Å². The van der Waals surface area contributed by atoms with Crippen LogP contribution in [0.1, 0.15) is 50.8 Å². The zero-order valence-electron chi connectivity index (χ0n) is 10.4. The Hall–Kier alpha value is -0.890. The summed E-state index contributed by atoms with van der Waals surface area (Å²) in [5, 5.41) is 9.58. The number of aryl methyl sites for hydroxylation is 1. The average molecular weight is 219 g/mol. The van der Waals surface area contributed by atoms with Crippen molar-refractivity contribution in [3.05, 3.63) is 29.6 Å². The van der Waals surface area contributed by atoms with E-state index in [0.29, 0.717) is 5.92 Å². The molecule has 88 valence electrons. The van der Waals surface area contributed by atoms with Crippen molar-refractivity contribution in [2.75, 3.05) is 0 Å². The second kappa shape index (κ2) is 4.17. The Labute approximate surface area is 97.7 Å². The van der Waals surface area contributed by atoms with Gasteiger partial charge in [0.05, 0.1) is 6.10 Å². The molecule has 16 heavy (non-hydrogen) atoms. The van der Waals surface area contributed by atoms with Crippen molar-refractivity contribution in [1.82, 2.24) is 4.98 Å². The van der Waals surface area contributed by atoms with Crippen molar-refractivity contribution in [3.63, 3.8) is 0 Å². The molecule has 0 spiro atoms. The highest BCUT2D eigenvalue weighted by atomic mass is 16.3. The fourth-order valence-electron chi connectivity index (χ4n) is 3.08. The van der Waals surface area contributed by atoms with Gasteiger partial charge in [0.2, 0.25) is 0 Å². The van der Waals surface area contributed by atoms with E-state index in [1.807, 2.05) is 19.2 Å². The third kappa shape index (κ3) is 2.12. The van der Waals surface area contributed by atoms with Crippen molar-refractivity contribution < 1.29 is 5.11 Å². The number of aromatic nitrogens is 1. The molecular formula is C14H21NO. The first-order valence-electron chi connectivity index (χ1n) is 6.12. The second-order valence-corrected chi connectivity index (χ2v) is 5.68. The predicted molar refractivity (Wildman–Crippen MR) is 65.4 cm³/mol. The fraction of sp³-hybridized carbons (Fsp3) is 0.643. The summed E-state index contributed by atoms with van der Waals surface area (Å²) in [5.74, 6) is 0.498. The zero-order valence-corrected chi connectivity index (χ0v) is 10.4. The molecule has 0 fully saturated rings. The van der Waals surface area contributed by atoms with Crippen molar-refractivity contribution in [3.8, 4) is 0 Å². The summed E-state index contributed by atoms with van der Waals surface area (Å²) < 4.78 is 0. The lowest BCUT2D eigenvalue weighted by Gasteiger charge is -2.32. The van der Waals surface area contributed by atoms with Crippen LogP contribution < -0.4 is 0 Å². The Morgan fingerprint density at radius 3 is 3.00 bits per heavy atom. The van der Waals surface area contributed by atoms with Gasteiger partial charge < -0.3 is 5.11 Å². The van der Waals surface area contributed by atoms with Gasteiger partial charge in [-0.1, -0.05) is 19.9 Å². The Bertz CT molecular complexity index is 371. The highest BCUT2D eigenvalue weighted by Crippen LogP contribution is 2.46. The Morgan fingerprint density at radius 1 is 1.56 bits per heavy atom. The van der Waals surface area contributed by atoms with Crippen molar-refractivity contribution in [1.29, 1.82) is 0 Å². The maximum absolute atomic E-state index is 9.58. The molecule has 2 rings (SSSR count). The van der Waals surface area contributed by atoms with Crippen LogP contribution in [0.2, 0.25) is 0 Å². The molecule has 0 bridgehead atoms. The normalized spacial score (nSPS) is 21.9. The summed E-state index contributed by atoms with van der Waals surface area (Å²) in [6, 6.07) is 4.20. The molecule has 0 amide bonds. The second-order valence-electron chi connectivity index (χ2n) is 5.68. The quantitative estimate of drug-likeness (QED) is 0.848. The van der Waals surface area contributed by atoms with Crippen LogP contribution in [0, 0.1) is 5.41 Å². The molecule has 1 N–H and O–H groups in total. The van der Waals surface area contributed by atoms with Crippen molar-refractivity contribution in [2.24, 2.45) is 5.41 Å². The molecule has 1 aliphatic rings. The van der Waals surface area contributed by atoms with Crippen molar-refractivity contribution >= 4 is 0 Å². The van der Waals surface area contributed by atoms with Crippen LogP contribution >= 0.6 is 0 Å². The smallest absolute Gasteiger partial charge is 0.0517 e. The molecule has 0 aromatic carbocycles. The van der Waals surface area contributed by atoms with E-state index < -0.39 is 0 Å². The van der Waals surface area contributed by atoms with Gasteiger partial charge in [-0.2, -0.15) is 0 Å². The maximum Gasteiger partial charge on any atom is 0.0517 e. The van der Waals surface area contributed by atoms with E-state index in [0.717, 1.165) is 12.8 Å². The van der Waals surface area contributed by atoms with E-state index >= 15 is 0 Å². The summed E-state index contributed by atoms with van der Waals surface area (Å²) >= 11 is 0. The van der Waals surface area contributed by atoms with Gasteiger partial charge in [0.1, 0.15) is 0 Å². The molecule has 1 heterocycles. The number of aliphatic hydroxyl groups excluding tert-OH is 1. The average Bonchev–Trinajstić information content (AvgIpc) is 2.59. The van der Waals surface area contributed by atoms with Crippen LogP contribution in [0.25, 0.3) is 0 Å². The van der Waals surface area contributed by atoms with Gasteiger partial charge in [0.15, 0.2) is 0 Å². The monoisotopic (exact) mass is 219 g/mol. The lowest BCUT2D eigenvalue weighted by atomic mass is 9.73. The Morgan fingerprint density at radius 2 is 2.31 bits per heavy atom. The molecule has 1 aliphatic carbocycles. The van der Waals surface area contributed by atoms with E-state index in [1.54, 1.807) is 0 Å². The standard InChI is InChI=1S/C14H21NO/c1-10(16)9-14(2,3)12-7-6-11-5-4-8-15-13(11)12/h4-5,8,10,12,16H,6-7,9H2,1-3H3. The first-order valence-corrected chi connectivity index (χ1v) is 6.12. The largest absolute Gasteiger partial charge is 0.393 e. The molecule has 1 aromatic heterocycles. The highest BCUT2D eigenvalue weighted by molar-refractivity contribution is 5.30. The minimum Gasteiger partial charge on any atom is -0.393 e. The number of rotatable bonds is 3.